The first kappa shape index (κ1) is 9.77. The van der Waals surface area contributed by atoms with E-state index in [1.807, 2.05) is 25.1 Å². The molecular formula is C9H16N4. The molecule has 0 aromatic carbocycles. The highest BCUT2D eigenvalue weighted by atomic mass is 15.2. The monoisotopic (exact) mass is 180 g/mol. The molecule has 0 aliphatic heterocycles. The van der Waals surface area contributed by atoms with E-state index in [1.165, 1.54) is 0 Å². The zero-order valence-corrected chi connectivity index (χ0v) is 8.57. The molecule has 0 radical (unpaired) electrons. The zero-order chi connectivity index (χ0) is 9.84. The van der Waals surface area contributed by atoms with E-state index in [0.717, 1.165) is 5.82 Å². The van der Waals surface area contributed by atoms with E-state index in [0.29, 0.717) is 12.0 Å². The van der Waals surface area contributed by atoms with Gasteiger partial charge in [-0.1, -0.05) is 0 Å². The molecule has 1 rings (SSSR count). The van der Waals surface area contributed by atoms with Gasteiger partial charge in [0, 0.05) is 26.3 Å². The molecule has 0 unspecified atom stereocenters. The van der Waals surface area contributed by atoms with Crippen molar-refractivity contribution < 1.29 is 0 Å². The molecule has 4 heteroatoms. The van der Waals surface area contributed by atoms with E-state index >= 15 is 0 Å². The molecule has 1 N–H and O–H groups in total. The third-order valence-corrected chi connectivity index (χ3v) is 1.52. The normalized spacial score (nSPS) is 10.2. The first-order valence-corrected chi connectivity index (χ1v) is 4.36. The second-order valence-electron chi connectivity index (χ2n) is 3.43. The van der Waals surface area contributed by atoms with Crippen molar-refractivity contribution in [1.82, 2.24) is 9.97 Å². The summed E-state index contributed by atoms with van der Waals surface area (Å²) in [5.41, 5.74) is 0. The quantitative estimate of drug-likeness (QED) is 0.762. The molecule has 0 fully saturated rings. The Morgan fingerprint density at radius 2 is 2.08 bits per heavy atom. The molecule has 0 aliphatic carbocycles. The van der Waals surface area contributed by atoms with Crippen molar-refractivity contribution in [1.29, 1.82) is 0 Å². The highest BCUT2D eigenvalue weighted by molar-refractivity contribution is 5.40. The number of anilines is 2. The lowest BCUT2D eigenvalue weighted by atomic mass is 10.4. The summed E-state index contributed by atoms with van der Waals surface area (Å²) >= 11 is 0. The molecule has 0 atom stereocenters. The Bertz CT molecular complexity index is 270. The molecule has 0 saturated heterocycles. The van der Waals surface area contributed by atoms with Crippen molar-refractivity contribution in [3.8, 4) is 0 Å². The number of hydrogen-bond donors (Lipinski definition) is 1. The number of aromatic nitrogens is 2. The second-order valence-corrected chi connectivity index (χ2v) is 3.43. The number of hydrogen-bond acceptors (Lipinski definition) is 4. The Balaban J connectivity index is 2.79. The highest BCUT2D eigenvalue weighted by Crippen LogP contribution is 2.08. The maximum atomic E-state index is 4.32. The minimum atomic E-state index is 0.359. The van der Waals surface area contributed by atoms with Gasteiger partial charge >= 0.3 is 0 Å². The summed E-state index contributed by atoms with van der Waals surface area (Å²) in [6.07, 6.45) is 1.76. The van der Waals surface area contributed by atoms with E-state index in [-0.39, 0.29) is 0 Å². The number of nitrogens with zero attached hydrogens (tertiary/aromatic N) is 3. The number of rotatable bonds is 3. The molecule has 4 nitrogen and oxygen atoms in total. The molecule has 1 aromatic rings. The molecule has 13 heavy (non-hydrogen) atoms. The van der Waals surface area contributed by atoms with Gasteiger partial charge in [0.1, 0.15) is 5.82 Å². The van der Waals surface area contributed by atoms with Crippen molar-refractivity contribution >= 4 is 11.8 Å². The van der Waals surface area contributed by atoms with Crippen LogP contribution in [0.15, 0.2) is 12.3 Å². The molecule has 72 valence electrons. The summed E-state index contributed by atoms with van der Waals surface area (Å²) in [5, 5.41) is 3.15. The van der Waals surface area contributed by atoms with Crippen LogP contribution in [0.3, 0.4) is 0 Å². The van der Waals surface area contributed by atoms with Crippen LogP contribution in [0, 0.1) is 0 Å². The largest absolute Gasteiger partial charge is 0.363 e. The van der Waals surface area contributed by atoms with Crippen LogP contribution in [0.5, 0.6) is 0 Å². The smallest absolute Gasteiger partial charge is 0.224 e. The van der Waals surface area contributed by atoms with Crippen LogP contribution in [-0.4, -0.2) is 30.1 Å². The van der Waals surface area contributed by atoms with Gasteiger partial charge in [-0.3, -0.25) is 0 Å². The Morgan fingerprint density at radius 3 is 2.62 bits per heavy atom. The van der Waals surface area contributed by atoms with Gasteiger partial charge in [-0.15, -0.1) is 0 Å². The predicted octanol–water partition coefficient (Wildman–Crippen LogP) is 1.36. The minimum Gasteiger partial charge on any atom is -0.363 e. The van der Waals surface area contributed by atoms with Crippen LogP contribution in [0.4, 0.5) is 11.8 Å². The van der Waals surface area contributed by atoms with Gasteiger partial charge in [-0.2, -0.15) is 4.98 Å². The summed E-state index contributed by atoms with van der Waals surface area (Å²) in [5.74, 6) is 1.60. The Hall–Kier alpha value is -1.32. The lowest BCUT2D eigenvalue weighted by Crippen LogP contribution is -2.15. The van der Waals surface area contributed by atoms with Gasteiger partial charge in [0.2, 0.25) is 5.95 Å². The highest BCUT2D eigenvalue weighted by Gasteiger charge is 2.01. The van der Waals surface area contributed by atoms with Crippen molar-refractivity contribution in [3.63, 3.8) is 0 Å². The molecule has 1 aromatic heterocycles. The predicted molar refractivity (Wildman–Crippen MR) is 55.1 cm³/mol. The van der Waals surface area contributed by atoms with Crippen LogP contribution in [0.2, 0.25) is 0 Å². The summed E-state index contributed by atoms with van der Waals surface area (Å²) < 4.78 is 0. The zero-order valence-electron chi connectivity index (χ0n) is 8.57. The lowest BCUT2D eigenvalue weighted by Gasteiger charge is -2.13. The van der Waals surface area contributed by atoms with Crippen molar-refractivity contribution in [2.45, 2.75) is 19.9 Å². The van der Waals surface area contributed by atoms with E-state index in [9.17, 15) is 0 Å². The van der Waals surface area contributed by atoms with Gasteiger partial charge in [0.05, 0.1) is 0 Å². The van der Waals surface area contributed by atoms with Gasteiger partial charge < -0.3 is 10.2 Å². The van der Waals surface area contributed by atoms with E-state index in [2.05, 4.69) is 29.1 Å². The molecule has 0 bridgehead atoms. The van der Waals surface area contributed by atoms with Crippen LogP contribution in [-0.2, 0) is 0 Å². The summed E-state index contributed by atoms with van der Waals surface area (Å²) in [7, 11) is 3.92. The lowest BCUT2D eigenvalue weighted by molar-refractivity contribution is 0.871. The second kappa shape index (κ2) is 4.07. The Kier molecular flexibility index (Phi) is 3.06. The van der Waals surface area contributed by atoms with Gasteiger partial charge in [0.25, 0.3) is 0 Å². The van der Waals surface area contributed by atoms with E-state index in [1.54, 1.807) is 6.20 Å². The molecule has 0 saturated carbocycles. The summed E-state index contributed by atoms with van der Waals surface area (Å²) in [6, 6.07) is 2.24. The minimum absolute atomic E-state index is 0.359. The molecule has 1 heterocycles. The maximum Gasteiger partial charge on any atom is 0.224 e. The van der Waals surface area contributed by atoms with Crippen LogP contribution in [0.25, 0.3) is 0 Å². The average Bonchev–Trinajstić information content (AvgIpc) is 2.03. The standard InChI is InChI=1S/C9H16N4/c1-7(2)11-9-10-6-5-8(12-9)13(3)4/h5-7H,1-4H3,(H,10,11,12). The fraction of sp³-hybridized carbons (Fsp3) is 0.556. The van der Waals surface area contributed by atoms with Gasteiger partial charge in [0.15, 0.2) is 0 Å². The molecule has 0 amide bonds. The Labute approximate surface area is 79.0 Å². The summed E-state index contributed by atoms with van der Waals surface area (Å²) in [6.45, 7) is 4.12. The van der Waals surface area contributed by atoms with Crippen molar-refractivity contribution in [2.24, 2.45) is 0 Å². The molecule has 0 spiro atoms. The third kappa shape index (κ3) is 2.89. The van der Waals surface area contributed by atoms with Crippen LogP contribution >= 0.6 is 0 Å². The molecule has 0 aliphatic rings. The molecular weight excluding hydrogens is 164 g/mol. The van der Waals surface area contributed by atoms with Gasteiger partial charge in [-0.25, -0.2) is 4.98 Å². The average molecular weight is 180 g/mol. The topological polar surface area (TPSA) is 41.1 Å². The van der Waals surface area contributed by atoms with Crippen molar-refractivity contribution in [3.05, 3.63) is 12.3 Å². The van der Waals surface area contributed by atoms with Gasteiger partial charge in [-0.05, 0) is 19.9 Å². The van der Waals surface area contributed by atoms with E-state index < -0.39 is 0 Å². The van der Waals surface area contributed by atoms with E-state index in [4.69, 9.17) is 0 Å². The number of nitrogens with one attached hydrogen (secondary N) is 1. The first-order chi connectivity index (χ1) is 6.09. The maximum absolute atomic E-state index is 4.32. The van der Waals surface area contributed by atoms with Crippen LogP contribution in [0.1, 0.15) is 13.8 Å². The third-order valence-electron chi connectivity index (χ3n) is 1.52. The fourth-order valence-corrected chi connectivity index (χ4v) is 0.926. The van der Waals surface area contributed by atoms with Crippen LogP contribution < -0.4 is 10.2 Å². The fourth-order valence-electron chi connectivity index (χ4n) is 0.926. The first-order valence-electron chi connectivity index (χ1n) is 4.36. The summed E-state index contributed by atoms with van der Waals surface area (Å²) in [4.78, 5) is 10.4. The van der Waals surface area contributed by atoms with Crippen molar-refractivity contribution in [2.75, 3.05) is 24.3 Å². The SMILES string of the molecule is CC(C)Nc1nccc(N(C)C)n1. The Morgan fingerprint density at radius 1 is 1.38 bits per heavy atom.